The van der Waals surface area contributed by atoms with Crippen LogP contribution in [0.4, 0.5) is 0 Å². The fraction of sp³-hybridized carbons (Fsp3) is 0.500. The van der Waals surface area contributed by atoms with Gasteiger partial charge in [0.15, 0.2) is 11.5 Å². The molecule has 1 aromatic rings. The van der Waals surface area contributed by atoms with Crippen molar-refractivity contribution < 1.29 is 19.4 Å². The van der Waals surface area contributed by atoms with E-state index < -0.39 is 5.97 Å². The average Bonchev–Trinajstić information content (AvgIpc) is 2.85. The number of fused-ring (bicyclic) bond motifs is 1. The van der Waals surface area contributed by atoms with Gasteiger partial charge in [0.1, 0.15) is 0 Å². The van der Waals surface area contributed by atoms with E-state index in [9.17, 15) is 4.79 Å². The summed E-state index contributed by atoms with van der Waals surface area (Å²) in [6, 6.07) is 5.87. The van der Waals surface area contributed by atoms with Gasteiger partial charge in [-0.2, -0.15) is 0 Å². The van der Waals surface area contributed by atoms with Crippen LogP contribution in [-0.4, -0.2) is 23.6 Å². The Morgan fingerprint density at radius 1 is 1.42 bits per heavy atom. The Morgan fingerprint density at radius 3 is 2.95 bits per heavy atom. The van der Waals surface area contributed by atoms with Crippen LogP contribution in [0.25, 0.3) is 0 Å². The van der Waals surface area contributed by atoms with Crippen molar-refractivity contribution in [1.29, 1.82) is 0 Å². The van der Waals surface area contributed by atoms with Crippen molar-refractivity contribution in [3.63, 3.8) is 0 Å². The van der Waals surface area contributed by atoms with E-state index in [2.05, 4.69) is 6.92 Å². The van der Waals surface area contributed by atoms with Crippen molar-refractivity contribution in [3.8, 4) is 11.5 Å². The number of benzene rings is 1. The number of carbonyl (C=O) groups is 1. The molecular formula is C14H18O4S. The van der Waals surface area contributed by atoms with Crippen LogP contribution in [0.2, 0.25) is 0 Å². The van der Waals surface area contributed by atoms with Crippen LogP contribution in [0, 0.1) is 0 Å². The molecule has 1 heterocycles. The van der Waals surface area contributed by atoms with Crippen LogP contribution < -0.4 is 9.47 Å². The van der Waals surface area contributed by atoms with Gasteiger partial charge in [-0.15, -0.1) is 11.8 Å². The smallest absolute Gasteiger partial charge is 0.313 e. The van der Waals surface area contributed by atoms with Crippen molar-refractivity contribution in [2.45, 2.75) is 31.4 Å². The molecule has 2 rings (SSSR count). The molecule has 5 heteroatoms. The minimum absolute atomic E-state index is 0.128. The number of carboxylic acids is 1. The van der Waals surface area contributed by atoms with E-state index in [0.29, 0.717) is 0 Å². The SMILES string of the molecule is CCCCC(SCC(=O)O)c1ccc2c(c1)OCO2. The van der Waals surface area contributed by atoms with E-state index in [1.54, 1.807) is 0 Å². The summed E-state index contributed by atoms with van der Waals surface area (Å²) in [7, 11) is 0. The standard InChI is InChI=1S/C14H18O4S/c1-2-3-4-13(19-8-14(15)16)10-5-6-11-12(7-10)18-9-17-11/h5-7,13H,2-4,8-9H2,1H3,(H,15,16). The molecular weight excluding hydrogens is 264 g/mol. The number of thioether (sulfide) groups is 1. The highest BCUT2D eigenvalue weighted by Crippen LogP contribution is 2.39. The van der Waals surface area contributed by atoms with Gasteiger partial charge in [-0.3, -0.25) is 4.79 Å². The van der Waals surface area contributed by atoms with Gasteiger partial charge >= 0.3 is 5.97 Å². The van der Waals surface area contributed by atoms with Crippen LogP contribution in [0.5, 0.6) is 11.5 Å². The second-order valence-corrected chi connectivity index (χ2v) is 5.64. The summed E-state index contributed by atoms with van der Waals surface area (Å²) in [5, 5.41) is 9.02. The monoisotopic (exact) mass is 282 g/mol. The third-order valence-corrected chi connectivity index (χ3v) is 4.32. The minimum Gasteiger partial charge on any atom is -0.481 e. The first-order chi connectivity index (χ1) is 9.20. The zero-order valence-corrected chi connectivity index (χ0v) is 11.7. The number of hydrogen-bond acceptors (Lipinski definition) is 4. The molecule has 1 N–H and O–H groups in total. The van der Waals surface area contributed by atoms with E-state index in [4.69, 9.17) is 14.6 Å². The Morgan fingerprint density at radius 2 is 2.21 bits per heavy atom. The molecule has 4 nitrogen and oxygen atoms in total. The molecule has 1 unspecified atom stereocenters. The zero-order chi connectivity index (χ0) is 13.7. The lowest BCUT2D eigenvalue weighted by atomic mass is 10.1. The van der Waals surface area contributed by atoms with E-state index in [-0.39, 0.29) is 17.8 Å². The highest BCUT2D eigenvalue weighted by molar-refractivity contribution is 8.00. The first-order valence-corrected chi connectivity index (χ1v) is 7.48. The van der Waals surface area contributed by atoms with Crippen molar-refractivity contribution in [2.24, 2.45) is 0 Å². The van der Waals surface area contributed by atoms with E-state index in [0.717, 1.165) is 36.3 Å². The fourth-order valence-electron chi connectivity index (χ4n) is 2.02. The largest absolute Gasteiger partial charge is 0.481 e. The molecule has 0 bridgehead atoms. The number of aliphatic carboxylic acids is 1. The van der Waals surface area contributed by atoms with Crippen LogP contribution >= 0.6 is 11.8 Å². The molecule has 104 valence electrons. The minimum atomic E-state index is -0.771. The van der Waals surface area contributed by atoms with Crippen molar-refractivity contribution >= 4 is 17.7 Å². The van der Waals surface area contributed by atoms with Gasteiger partial charge in [0.05, 0.1) is 5.75 Å². The molecule has 0 aromatic heterocycles. The Hall–Kier alpha value is -1.36. The molecule has 1 atom stereocenters. The zero-order valence-electron chi connectivity index (χ0n) is 10.9. The summed E-state index contributed by atoms with van der Waals surface area (Å²) in [6.45, 7) is 2.40. The predicted molar refractivity (Wildman–Crippen MR) is 74.9 cm³/mol. The molecule has 0 radical (unpaired) electrons. The van der Waals surface area contributed by atoms with Gasteiger partial charge in [0.2, 0.25) is 6.79 Å². The molecule has 19 heavy (non-hydrogen) atoms. The first-order valence-electron chi connectivity index (χ1n) is 6.43. The molecule has 0 saturated carbocycles. The molecule has 0 aliphatic carbocycles. The van der Waals surface area contributed by atoms with Gasteiger partial charge in [0.25, 0.3) is 0 Å². The van der Waals surface area contributed by atoms with Crippen LogP contribution in [-0.2, 0) is 4.79 Å². The highest BCUT2D eigenvalue weighted by Gasteiger charge is 2.18. The normalized spacial score (nSPS) is 14.4. The summed E-state index contributed by atoms with van der Waals surface area (Å²) in [5.74, 6) is 0.881. The van der Waals surface area contributed by atoms with E-state index in [1.165, 1.54) is 11.8 Å². The third kappa shape index (κ3) is 3.80. The molecule has 0 saturated heterocycles. The van der Waals surface area contributed by atoms with Gasteiger partial charge < -0.3 is 14.6 Å². The topological polar surface area (TPSA) is 55.8 Å². The number of ether oxygens (including phenoxy) is 2. The van der Waals surface area contributed by atoms with Gasteiger partial charge in [-0.05, 0) is 24.1 Å². The van der Waals surface area contributed by atoms with Crippen molar-refractivity contribution in [3.05, 3.63) is 23.8 Å². The molecule has 1 aliphatic heterocycles. The summed E-state index contributed by atoms with van der Waals surface area (Å²) in [6.07, 6.45) is 3.18. The van der Waals surface area contributed by atoms with Crippen LogP contribution in [0.3, 0.4) is 0 Å². The lowest BCUT2D eigenvalue weighted by molar-refractivity contribution is -0.133. The average molecular weight is 282 g/mol. The summed E-state index contributed by atoms with van der Waals surface area (Å²) in [5.41, 5.74) is 1.11. The molecule has 0 fully saturated rings. The van der Waals surface area contributed by atoms with Gasteiger partial charge in [-0.1, -0.05) is 25.8 Å². The van der Waals surface area contributed by atoms with Crippen LogP contribution in [0.1, 0.15) is 37.0 Å². The summed E-state index contributed by atoms with van der Waals surface area (Å²) < 4.78 is 10.7. The Bertz CT molecular complexity index is 447. The number of hydrogen-bond donors (Lipinski definition) is 1. The third-order valence-electron chi connectivity index (χ3n) is 3.00. The Labute approximate surface area is 117 Å². The second-order valence-electron chi connectivity index (χ2n) is 4.45. The lowest BCUT2D eigenvalue weighted by Gasteiger charge is -2.16. The Balaban J connectivity index is 2.09. The molecule has 1 aliphatic rings. The highest BCUT2D eigenvalue weighted by atomic mass is 32.2. The first kappa shape index (κ1) is 14.1. The maximum Gasteiger partial charge on any atom is 0.313 e. The van der Waals surface area contributed by atoms with Gasteiger partial charge in [0, 0.05) is 5.25 Å². The number of rotatable bonds is 7. The van der Waals surface area contributed by atoms with E-state index in [1.807, 2.05) is 18.2 Å². The van der Waals surface area contributed by atoms with Gasteiger partial charge in [-0.25, -0.2) is 0 Å². The van der Waals surface area contributed by atoms with Crippen molar-refractivity contribution in [2.75, 3.05) is 12.5 Å². The fourth-order valence-corrected chi connectivity index (χ4v) is 3.04. The molecule has 0 amide bonds. The number of unbranched alkanes of at least 4 members (excludes halogenated alkanes) is 1. The molecule has 1 aromatic carbocycles. The van der Waals surface area contributed by atoms with Crippen LogP contribution in [0.15, 0.2) is 18.2 Å². The maximum atomic E-state index is 10.7. The summed E-state index contributed by atoms with van der Waals surface area (Å²) >= 11 is 1.47. The molecule has 0 spiro atoms. The van der Waals surface area contributed by atoms with Crippen molar-refractivity contribution in [1.82, 2.24) is 0 Å². The second kappa shape index (κ2) is 6.70. The quantitative estimate of drug-likeness (QED) is 0.830. The predicted octanol–water partition coefficient (Wildman–Crippen LogP) is 3.46. The summed E-state index contributed by atoms with van der Waals surface area (Å²) in [4.78, 5) is 10.7. The Kier molecular flexibility index (Phi) is 4.96. The lowest BCUT2D eigenvalue weighted by Crippen LogP contribution is -2.03. The van der Waals surface area contributed by atoms with E-state index >= 15 is 0 Å². The maximum absolute atomic E-state index is 10.7. The number of carboxylic acid groups (broad SMARTS) is 1.